The van der Waals surface area contributed by atoms with E-state index >= 15 is 0 Å². The van der Waals surface area contributed by atoms with E-state index in [-0.39, 0.29) is 0 Å². The van der Waals surface area contributed by atoms with Crippen molar-refractivity contribution in [3.05, 3.63) is 23.9 Å². The molecule has 2 aliphatic rings. The molecular formula is C12H18N2O. The highest BCUT2D eigenvalue weighted by Gasteiger charge is 2.20. The maximum atomic E-state index is 5.81. The van der Waals surface area contributed by atoms with Crippen LogP contribution in [0.4, 0.5) is 0 Å². The molecule has 0 fully saturated rings. The second-order valence-corrected chi connectivity index (χ2v) is 4.29. The quantitative estimate of drug-likeness (QED) is 0.698. The Bertz CT molecular complexity index is 316. The van der Waals surface area contributed by atoms with Gasteiger partial charge in [-0.1, -0.05) is 6.08 Å². The zero-order valence-electron chi connectivity index (χ0n) is 9.44. The van der Waals surface area contributed by atoms with Crippen LogP contribution in [0.2, 0.25) is 0 Å². The van der Waals surface area contributed by atoms with Gasteiger partial charge in [0.1, 0.15) is 0 Å². The Morgan fingerprint density at radius 2 is 2.40 bits per heavy atom. The van der Waals surface area contributed by atoms with Crippen LogP contribution in [-0.4, -0.2) is 44.0 Å². The first-order valence-electron chi connectivity index (χ1n) is 5.46. The summed E-state index contributed by atoms with van der Waals surface area (Å²) in [4.78, 5) is 6.47. The standard InChI is InChI=1S/C12H18N2O/c1-14(2)7-8-15-11-4-3-10-5-6-13-12(10)9-11/h3,5-6,11H,4,7-9H2,1-2H3. The van der Waals surface area contributed by atoms with Gasteiger partial charge in [0.15, 0.2) is 0 Å². The molecule has 2 rings (SSSR count). The molecule has 3 nitrogen and oxygen atoms in total. The molecule has 1 heterocycles. The highest BCUT2D eigenvalue weighted by atomic mass is 16.5. The molecular weight excluding hydrogens is 188 g/mol. The predicted octanol–water partition coefficient (Wildman–Crippen LogP) is 1.62. The Balaban J connectivity index is 1.78. The van der Waals surface area contributed by atoms with Gasteiger partial charge in [-0.3, -0.25) is 4.99 Å². The average molecular weight is 206 g/mol. The number of hydrogen-bond acceptors (Lipinski definition) is 3. The van der Waals surface area contributed by atoms with E-state index in [1.54, 1.807) is 0 Å². The van der Waals surface area contributed by atoms with Crippen LogP contribution in [0.5, 0.6) is 0 Å². The molecule has 0 N–H and O–H groups in total. The van der Waals surface area contributed by atoms with Crippen LogP contribution in [0.1, 0.15) is 12.8 Å². The van der Waals surface area contributed by atoms with Crippen LogP contribution in [-0.2, 0) is 4.74 Å². The van der Waals surface area contributed by atoms with E-state index in [4.69, 9.17) is 4.74 Å². The Labute approximate surface area is 91.1 Å². The molecule has 0 bridgehead atoms. The Morgan fingerprint density at radius 3 is 3.20 bits per heavy atom. The summed E-state index contributed by atoms with van der Waals surface area (Å²) in [6.45, 7) is 1.79. The van der Waals surface area contributed by atoms with Crippen molar-refractivity contribution >= 4 is 5.71 Å². The summed E-state index contributed by atoms with van der Waals surface area (Å²) >= 11 is 0. The third-order valence-electron chi connectivity index (χ3n) is 2.73. The van der Waals surface area contributed by atoms with E-state index in [9.17, 15) is 0 Å². The van der Waals surface area contributed by atoms with Crippen molar-refractivity contribution in [1.29, 1.82) is 0 Å². The van der Waals surface area contributed by atoms with Gasteiger partial charge >= 0.3 is 0 Å². The van der Waals surface area contributed by atoms with Gasteiger partial charge in [0.2, 0.25) is 0 Å². The molecule has 1 unspecified atom stereocenters. The molecule has 0 aromatic rings. The van der Waals surface area contributed by atoms with Gasteiger partial charge in [-0.2, -0.15) is 0 Å². The van der Waals surface area contributed by atoms with Crippen LogP contribution in [0.3, 0.4) is 0 Å². The van der Waals surface area contributed by atoms with Crippen molar-refractivity contribution in [3.8, 4) is 0 Å². The number of nitrogens with zero attached hydrogens (tertiary/aromatic N) is 2. The van der Waals surface area contributed by atoms with E-state index in [0.29, 0.717) is 6.10 Å². The molecule has 3 heteroatoms. The van der Waals surface area contributed by atoms with Crippen LogP contribution in [0.15, 0.2) is 28.9 Å². The van der Waals surface area contributed by atoms with Gasteiger partial charge in [-0.25, -0.2) is 0 Å². The van der Waals surface area contributed by atoms with Crippen LogP contribution < -0.4 is 0 Å². The summed E-state index contributed by atoms with van der Waals surface area (Å²) in [5.74, 6) is 0. The third-order valence-corrected chi connectivity index (χ3v) is 2.73. The van der Waals surface area contributed by atoms with E-state index in [1.165, 1.54) is 11.3 Å². The predicted molar refractivity (Wildman–Crippen MR) is 62.2 cm³/mol. The summed E-state index contributed by atoms with van der Waals surface area (Å²) in [5, 5.41) is 0. The largest absolute Gasteiger partial charge is 0.376 e. The fourth-order valence-corrected chi connectivity index (χ4v) is 1.82. The first-order valence-corrected chi connectivity index (χ1v) is 5.46. The first kappa shape index (κ1) is 10.6. The molecule has 82 valence electrons. The summed E-state index contributed by atoms with van der Waals surface area (Å²) in [6, 6.07) is 0. The molecule has 0 radical (unpaired) electrons. The van der Waals surface area contributed by atoms with Gasteiger partial charge < -0.3 is 9.64 Å². The molecule has 1 aliphatic heterocycles. The minimum atomic E-state index is 0.326. The minimum Gasteiger partial charge on any atom is -0.376 e. The monoisotopic (exact) mass is 206 g/mol. The van der Waals surface area contributed by atoms with Crippen molar-refractivity contribution in [2.75, 3.05) is 27.2 Å². The zero-order valence-corrected chi connectivity index (χ0v) is 9.44. The number of ether oxygens (including phenoxy) is 1. The second kappa shape index (κ2) is 4.73. The van der Waals surface area contributed by atoms with Crippen LogP contribution in [0, 0.1) is 0 Å². The highest BCUT2D eigenvalue weighted by Crippen LogP contribution is 2.23. The number of aliphatic imine (C=N–C) groups is 1. The highest BCUT2D eigenvalue weighted by molar-refractivity contribution is 6.05. The maximum absolute atomic E-state index is 5.81. The molecule has 1 atom stereocenters. The number of rotatable bonds is 4. The molecule has 15 heavy (non-hydrogen) atoms. The molecule has 0 aromatic carbocycles. The summed E-state index contributed by atoms with van der Waals surface area (Å²) in [7, 11) is 4.13. The van der Waals surface area contributed by atoms with E-state index in [0.717, 1.165) is 26.0 Å². The second-order valence-electron chi connectivity index (χ2n) is 4.29. The molecule has 0 aromatic heterocycles. The zero-order chi connectivity index (χ0) is 10.7. The summed E-state index contributed by atoms with van der Waals surface area (Å²) in [6.07, 6.45) is 8.49. The van der Waals surface area contributed by atoms with Crippen molar-refractivity contribution in [2.24, 2.45) is 4.99 Å². The van der Waals surface area contributed by atoms with Gasteiger partial charge in [0.05, 0.1) is 12.7 Å². The lowest BCUT2D eigenvalue weighted by Gasteiger charge is -2.22. The lowest BCUT2D eigenvalue weighted by Crippen LogP contribution is -2.26. The van der Waals surface area contributed by atoms with Crippen molar-refractivity contribution < 1.29 is 4.74 Å². The summed E-state index contributed by atoms with van der Waals surface area (Å²) < 4.78 is 5.81. The number of hydrogen-bond donors (Lipinski definition) is 0. The Hall–Kier alpha value is -0.930. The van der Waals surface area contributed by atoms with Crippen molar-refractivity contribution in [1.82, 2.24) is 4.90 Å². The van der Waals surface area contributed by atoms with E-state index in [2.05, 4.69) is 36.1 Å². The molecule has 1 aliphatic carbocycles. The number of likely N-dealkylation sites (N-methyl/N-ethyl adjacent to an activating group) is 1. The van der Waals surface area contributed by atoms with Crippen LogP contribution in [0.25, 0.3) is 0 Å². The lowest BCUT2D eigenvalue weighted by molar-refractivity contribution is 0.0497. The number of allylic oxidation sites excluding steroid dienone is 2. The fourth-order valence-electron chi connectivity index (χ4n) is 1.82. The van der Waals surface area contributed by atoms with Gasteiger partial charge in [0.25, 0.3) is 0 Å². The number of fused-ring (bicyclic) bond motifs is 1. The lowest BCUT2D eigenvalue weighted by atomic mass is 9.96. The van der Waals surface area contributed by atoms with Crippen molar-refractivity contribution in [2.45, 2.75) is 18.9 Å². The minimum absolute atomic E-state index is 0.326. The normalized spacial score (nSPS) is 24.1. The van der Waals surface area contributed by atoms with Crippen LogP contribution >= 0.6 is 0 Å². The smallest absolute Gasteiger partial charge is 0.0666 e. The van der Waals surface area contributed by atoms with Gasteiger partial charge in [-0.15, -0.1) is 0 Å². The molecule has 0 spiro atoms. The molecule has 0 saturated heterocycles. The SMILES string of the molecule is CN(C)CCOC1CC=C2C=CN=C2C1. The van der Waals surface area contributed by atoms with Gasteiger partial charge in [0, 0.05) is 24.9 Å². The van der Waals surface area contributed by atoms with E-state index < -0.39 is 0 Å². The van der Waals surface area contributed by atoms with Gasteiger partial charge in [-0.05, 0) is 32.2 Å². The van der Waals surface area contributed by atoms with E-state index in [1.807, 2.05) is 6.20 Å². The summed E-state index contributed by atoms with van der Waals surface area (Å²) in [5.41, 5.74) is 2.48. The van der Waals surface area contributed by atoms with Crippen molar-refractivity contribution in [3.63, 3.8) is 0 Å². The topological polar surface area (TPSA) is 24.8 Å². The molecule has 0 amide bonds. The molecule has 0 saturated carbocycles. The average Bonchev–Trinajstić information content (AvgIpc) is 2.64. The maximum Gasteiger partial charge on any atom is 0.0666 e. The Morgan fingerprint density at radius 1 is 1.53 bits per heavy atom. The first-order chi connectivity index (χ1) is 7.25. The Kier molecular flexibility index (Phi) is 3.34. The fraction of sp³-hybridized carbons (Fsp3) is 0.583. The third kappa shape index (κ3) is 2.76.